The lowest BCUT2D eigenvalue weighted by molar-refractivity contribution is -0.122. The number of hydrogen-bond acceptors (Lipinski definition) is 3. The maximum absolute atomic E-state index is 11.1. The van der Waals surface area contributed by atoms with Crippen LogP contribution in [0.5, 0.6) is 0 Å². The largest absolute Gasteiger partial charge is 0.352 e. The normalized spacial score (nSPS) is 13.6. The summed E-state index contributed by atoms with van der Waals surface area (Å²) < 4.78 is 0. The molecule has 0 unspecified atom stereocenters. The van der Waals surface area contributed by atoms with Crippen LogP contribution < -0.4 is 16.4 Å². The van der Waals surface area contributed by atoms with Gasteiger partial charge in [-0.25, -0.2) is 4.79 Å². The highest BCUT2D eigenvalue weighted by atomic mass is 16.2. The van der Waals surface area contributed by atoms with E-state index in [1.54, 1.807) is 0 Å². The molecule has 6 heteroatoms. The van der Waals surface area contributed by atoms with Gasteiger partial charge in [0.2, 0.25) is 5.91 Å². The van der Waals surface area contributed by atoms with Crippen molar-refractivity contribution < 1.29 is 9.59 Å². The summed E-state index contributed by atoms with van der Waals surface area (Å²) in [5.41, 5.74) is 4.80. The molecular formula is C7H12N4O2. The van der Waals surface area contributed by atoms with Gasteiger partial charge in [0.25, 0.3) is 0 Å². The van der Waals surface area contributed by atoms with Gasteiger partial charge >= 0.3 is 6.03 Å². The summed E-state index contributed by atoms with van der Waals surface area (Å²) in [5.74, 6) is -0.437. The first-order valence-corrected chi connectivity index (χ1v) is 3.73. The fourth-order valence-corrected chi connectivity index (χ4v) is 0.650. The maximum atomic E-state index is 11.1. The molecule has 0 radical (unpaired) electrons. The first-order valence-electron chi connectivity index (χ1n) is 3.73. The van der Waals surface area contributed by atoms with E-state index in [0.29, 0.717) is 0 Å². The zero-order valence-electron chi connectivity index (χ0n) is 7.50. The van der Waals surface area contributed by atoms with Crippen LogP contribution in [0.15, 0.2) is 0 Å². The van der Waals surface area contributed by atoms with Crippen molar-refractivity contribution in [1.29, 1.82) is 5.26 Å². The van der Waals surface area contributed by atoms with Crippen LogP contribution in [0.25, 0.3) is 0 Å². The smallest absolute Gasteiger partial charge is 0.312 e. The lowest BCUT2D eigenvalue weighted by atomic mass is 10.3. The zero-order chi connectivity index (χ0) is 10.4. The maximum Gasteiger partial charge on any atom is 0.312 e. The predicted octanol–water partition coefficient (Wildman–Crippen LogP) is -0.929. The van der Waals surface area contributed by atoms with Crippen molar-refractivity contribution >= 4 is 11.9 Å². The van der Waals surface area contributed by atoms with Crippen LogP contribution in [0.4, 0.5) is 4.79 Å². The number of amides is 3. The first-order chi connectivity index (χ1) is 5.97. The predicted molar refractivity (Wildman–Crippen MR) is 45.4 cm³/mol. The first kappa shape index (κ1) is 11.2. The van der Waals surface area contributed by atoms with Crippen molar-refractivity contribution in [2.24, 2.45) is 5.73 Å². The molecule has 4 N–H and O–H groups in total. The zero-order valence-corrected chi connectivity index (χ0v) is 7.50. The Balaban J connectivity index is 3.98. The monoisotopic (exact) mass is 184 g/mol. The average Bonchev–Trinajstić information content (AvgIpc) is 2.02. The molecule has 0 bridgehead atoms. The number of nitrogens with zero attached hydrogens (tertiary/aromatic N) is 1. The summed E-state index contributed by atoms with van der Waals surface area (Å²) in [6.45, 7) is 3.01. The number of carbonyl (C=O) groups excluding carboxylic acids is 2. The third-order valence-electron chi connectivity index (χ3n) is 1.30. The number of nitrogens with one attached hydrogen (secondary N) is 2. The minimum absolute atomic E-state index is 0.437. The summed E-state index contributed by atoms with van der Waals surface area (Å²) in [6, 6.07) is -0.250. The number of rotatable bonds is 3. The van der Waals surface area contributed by atoms with Gasteiger partial charge in [-0.1, -0.05) is 0 Å². The average molecular weight is 184 g/mol. The van der Waals surface area contributed by atoms with Crippen LogP contribution >= 0.6 is 0 Å². The Morgan fingerprint density at radius 2 is 1.92 bits per heavy atom. The molecule has 0 aliphatic carbocycles. The molecule has 2 atom stereocenters. The molecule has 0 spiro atoms. The minimum atomic E-state index is -0.771. The van der Waals surface area contributed by atoms with Gasteiger partial charge in [0.05, 0.1) is 6.07 Å². The van der Waals surface area contributed by atoms with Gasteiger partial charge in [-0.15, -0.1) is 0 Å². The van der Waals surface area contributed by atoms with Gasteiger partial charge in [-0.2, -0.15) is 5.26 Å². The van der Waals surface area contributed by atoms with Crippen LogP contribution in [-0.2, 0) is 4.79 Å². The van der Waals surface area contributed by atoms with Crippen LogP contribution in [0.2, 0.25) is 0 Å². The van der Waals surface area contributed by atoms with Crippen LogP contribution in [0.1, 0.15) is 13.8 Å². The molecule has 72 valence electrons. The third kappa shape index (κ3) is 4.63. The number of nitriles is 1. The summed E-state index contributed by atoms with van der Waals surface area (Å²) in [7, 11) is 0. The highest BCUT2D eigenvalue weighted by molar-refractivity contribution is 5.86. The summed E-state index contributed by atoms with van der Waals surface area (Å²) in [6.07, 6.45) is 0. The van der Waals surface area contributed by atoms with Crippen LogP contribution in [0.3, 0.4) is 0 Å². The molecule has 0 saturated heterocycles. The topological polar surface area (TPSA) is 108 Å². The van der Waals surface area contributed by atoms with Gasteiger partial charge in [-0.3, -0.25) is 4.79 Å². The lowest BCUT2D eigenvalue weighted by Gasteiger charge is -2.13. The molecule has 0 saturated carbocycles. The Morgan fingerprint density at radius 3 is 2.31 bits per heavy atom. The minimum Gasteiger partial charge on any atom is -0.352 e. The van der Waals surface area contributed by atoms with Crippen molar-refractivity contribution in [3.05, 3.63) is 0 Å². The molecule has 0 aliphatic rings. The second-order valence-electron chi connectivity index (χ2n) is 2.59. The molecule has 0 fully saturated rings. The number of nitrogens with two attached hydrogens (primary N) is 1. The number of hydrogen-bond donors (Lipinski definition) is 3. The Labute approximate surface area is 76.1 Å². The quantitative estimate of drug-likeness (QED) is 0.527. The van der Waals surface area contributed by atoms with Gasteiger partial charge < -0.3 is 16.4 Å². The Bertz CT molecular complexity index is 245. The second-order valence-corrected chi connectivity index (χ2v) is 2.59. The molecule has 0 aromatic heterocycles. The van der Waals surface area contributed by atoms with Gasteiger partial charge in [0.1, 0.15) is 12.1 Å². The third-order valence-corrected chi connectivity index (χ3v) is 1.30. The van der Waals surface area contributed by atoms with Gasteiger partial charge in [0, 0.05) is 0 Å². The van der Waals surface area contributed by atoms with E-state index < -0.39 is 24.0 Å². The number of urea groups is 1. The van der Waals surface area contributed by atoms with Crippen molar-refractivity contribution in [3.63, 3.8) is 0 Å². The Kier molecular flexibility index (Phi) is 4.30. The van der Waals surface area contributed by atoms with E-state index in [9.17, 15) is 9.59 Å². The van der Waals surface area contributed by atoms with Crippen molar-refractivity contribution in [3.8, 4) is 6.07 Å². The van der Waals surface area contributed by atoms with E-state index in [4.69, 9.17) is 11.0 Å². The van der Waals surface area contributed by atoms with Gasteiger partial charge in [0.15, 0.2) is 0 Å². The molecule has 6 nitrogen and oxygen atoms in total. The molecule has 3 amide bonds. The van der Waals surface area contributed by atoms with Crippen molar-refractivity contribution in [2.45, 2.75) is 25.9 Å². The summed E-state index contributed by atoms with van der Waals surface area (Å²) >= 11 is 0. The molecule has 0 aliphatic heterocycles. The molecule has 0 heterocycles. The molecule has 0 aromatic carbocycles. The Morgan fingerprint density at radius 1 is 1.38 bits per heavy atom. The fraction of sp³-hybridized carbons (Fsp3) is 0.571. The van der Waals surface area contributed by atoms with Crippen LogP contribution in [0, 0.1) is 11.3 Å². The highest BCUT2D eigenvalue weighted by Crippen LogP contribution is 1.84. The van der Waals surface area contributed by atoms with Crippen molar-refractivity contribution in [2.75, 3.05) is 0 Å². The van der Waals surface area contributed by atoms with Crippen molar-refractivity contribution in [1.82, 2.24) is 10.6 Å². The molecular weight excluding hydrogens is 172 g/mol. The van der Waals surface area contributed by atoms with E-state index in [0.717, 1.165) is 0 Å². The molecule has 0 aromatic rings. The summed E-state index contributed by atoms with van der Waals surface area (Å²) in [4.78, 5) is 21.5. The van der Waals surface area contributed by atoms with E-state index in [1.165, 1.54) is 13.8 Å². The Hall–Kier alpha value is -1.77. The molecule has 0 rings (SSSR count). The second kappa shape index (κ2) is 4.98. The SMILES string of the molecule is C[C@H](NC(N)=O)C(=O)N[C@@H](C)C#N. The van der Waals surface area contributed by atoms with E-state index >= 15 is 0 Å². The fourth-order valence-electron chi connectivity index (χ4n) is 0.650. The van der Waals surface area contributed by atoms with Crippen LogP contribution in [-0.4, -0.2) is 24.0 Å². The highest BCUT2D eigenvalue weighted by Gasteiger charge is 2.15. The lowest BCUT2D eigenvalue weighted by Crippen LogP contribution is -2.48. The number of primary amides is 1. The standard InChI is InChI=1S/C7H12N4O2/c1-4(3-8)10-6(12)5(2)11-7(9)13/h4-5H,1-2H3,(H,10,12)(H3,9,11,13)/t4-,5-/m0/s1. The van der Waals surface area contributed by atoms with E-state index in [2.05, 4.69) is 10.6 Å². The number of carbonyl (C=O) groups is 2. The summed E-state index contributed by atoms with van der Waals surface area (Å²) in [5, 5.41) is 12.9. The van der Waals surface area contributed by atoms with Gasteiger partial charge in [-0.05, 0) is 13.8 Å². The molecule has 13 heavy (non-hydrogen) atoms. The van der Waals surface area contributed by atoms with E-state index in [-0.39, 0.29) is 0 Å². The van der Waals surface area contributed by atoms with E-state index in [1.807, 2.05) is 6.07 Å².